The lowest BCUT2D eigenvalue weighted by Crippen LogP contribution is -2.25. The van der Waals surface area contributed by atoms with E-state index in [-0.39, 0.29) is 11.9 Å². The van der Waals surface area contributed by atoms with E-state index in [1.54, 1.807) is 19.6 Å². The van der Waals surface area contributed by atoms with E-state index in [0.717, 1.165) is 11.3 Å². The van der Waals surface area contributed by atoms with Crippen LogP contribution in [0.5, 0.6) is 5.75 Å². The van der Waals surface area contributed by atoms with Crippen LogP contribution in [-0.2, 0) is 11.3 Å². The van der Waals surface area contributed by atoms with Gasteiger partial charge >= 0.3 is 0 Å². The highest BCUT2D eigenvalue weighted by Gasteiger charge is 2.10. The average Bonchev–Trinajstić information content (AvgIpc) is 2.99. The van der Waals surface area contributed by atoms with Crippen LogP contribution < -0.4 is 10.1 Å². The van der Waals surface area contributed by atoms with E-state index in [2.05, 4.69) is 10.3 Å². The maximum Gasteiger partial charge on any atom is 0.222 e. The quantitative estimate of drug-likeness (QED) is 0.877. The number of carbonyl (C=O) groups is 1. The first-order valence-corrected chi connectivity index (χ1v) is 6.56. The van der Waals surface area contributed by atoms with Crippen molar-refractivity contribution in [3.63, 3.8) is 0 Å². The molecule has 0 saturated heterocycles. The highest BCUT2D eigenvalue weighted by Crippen LogP contribution is 2.13. The number of rotatable bonds is 6. The second-order valence-electron chi connectivity index (χ2n) is 4.69. The Morgan fingerprint density at radius 3 is 3.05 bits per heavy atom. The Kier molecular flexibility index (Phi) is 4.76. The van der Waals surface area contributed by atoms with E-state index < -0.39 is 0 Å². The number of amides is 1. The molecule has 1 unspecified atom stereocenters. The number of ether oxygens (including phenoxy) is 1. The molecule has 1 aromatic heterocycles. The van der Waals surface area contributed by atoms with Crippen molar-refractivity contribution < 1.29 is 9.53 Å². The number of hydrogen-bond donors (Lipinski definition) is 1. The van der Waals surface area contributed by atoms with Crippen molar-refractivity contribution in [2.45, 2.75) is 25.9 Å². The summed E-state index contributed by atoms with van der Waals surface area (Å²) in [6.45, 7) is 2.50. The fourth-order valence-corrected chi connectivity index (χ4v) is 1.96. The van der Waals surface area contributed by atoms with Gasteiger partial charge in [-0.3, -0.25) is 4.79 Å². The van der Waals surface area contributed by atoms with E-state index in [1.807, 2.05) is 42.0 Å². The molecule has 0 bridgehead atoms. The maximum absolute atomic E-state index is 11.9. The third-order valence-corrected chi connectivity index (χ3v) is 3.14. The number of benzene rings is 1. The second kappa shape index (κ2) is 6.75. The van der Waals surface area contributed by atoms with Gasteiger partial charge in [0.15, 0.2) is 0 Å². The van der Waals surface area contributed by atoms with Gasteiger partial charge in [-0.25, -0.2) is 4.98 Å². The number of nitrogens with zero attached hydrogens (tertiary/aromatic N) is 2. The van der Waals surface area contributed by atoms with Crippen molar-refractivity contribution in [1.82, 2.24) is 14.9 Å². The minimum Gasteiger partial charge on any atom is -0.497 e. The van der Waals surface area contributed by atoms with Crippen molar-refractivity contribution in [2.75, 3.05) is 7.11 Å². The third-order valence-electron chi connectivity index (χ3n) is 3.14. The molecule has 20 heavy (non-hydrogen) atoms. The van der Waals surface area contributed by atoms with E-state index in [1.165, 1.54) is 0 Å². The molecule has 5 heteroatoms. The molecule has 1 N–H and O–H groups in total. The normalized spacial score (nSPS) is 11.9. The molecule has 2 aromatic rings. The lowest BCUT2D eigenvalue weighted by molar-refractivity contribution is -0.121. The Balaban J connectivity index is 1.83. The van der Waals surface area contributed by atoms with Gasteiger partial charge in [-0.15, -0.1) is 0 Å². The Labute approximate surface area is 118 Å². The highest BCUT2D eigenvalue weighted by atomic mass is 16.5. The minimum atomic E-state index is 0.0222. The fourth-order valence-electron chi connectivity index (χ4n) is 1.96. The Bertz CT molecular complexity index is 552. The monoisotopic (exact) mass is 273 g/mol. The van der Waals surface area contributed by atoms with Crippen molar-refractivity contribution in [1.29, 1.82) is 0 Å². The molecule has 0 saturated carbocycles. The summed E-state index contributed by atoms with van der Waals surface area (Å²) in [6, 6.07) is 7.77. The summed E-state index contributed by atoms with van der Waals surface area (Å²) in [6.07, 6.45) is 5.73. The van der Waals surface area contributed by atoms with Crippen LogP contribution >= 0.6 is 0 Å². The number of nitrogens with one attached hydrogen (secondary N) is 1. The van der Waals surface area contributed by atoms with Gasteiger partial charge in [-0.1, -0.05) is 12.1 Å². The first-order chi connectivity index (χ1) is 9.69. The zero-order valence-corrected chi connectivity index (χ0v) is 11.7. The average molecular weight is 273 g/mol. The van der Waals surface area contributed by atoms with E-state index in [0.29, 0.717) is 13.0 Å². The van der Waals surface area contributed by atoms with E-state index in [9.17, 15) is 4.79 Å². The van der Waals surface area contributed by atoms with Crippen LogP contribution in [0.4, 0.5) is 0 Å². The first kappa shape index (κ1) is 14.1. The highest BCUT2D eigenvalue weighted by molar-refractivity contribution is 5.76. The molecular formula is C15H19N3O2. The summed E-state index contributed by atoms with van der Waals surface area (Å²) in [5, 5.41) is 2.91. The van der Waals surface area contributed by atoms with E-state index >= 15 is 0 Å². The lowest BCUT2D eigenvalue weighted by atomic mass is 10.2. The predicted octanol–water partition coefficient (Wildman–Crippen LogP) is 2.16. The lowest BCUT2D eigenvalue weighted by Gasteiger charge is -2.13. The smallest absolute Gasteiger partial charge is 0.222 e. The van der Waals surface area contributed by atoms with Crippen molar-refractivity contribution in [2.24, 2.45) is 0 Å². The molecule has 0 aliphatic carbocycles. The summed E-state index contributed by atoms with van der Waals surface area (Å²) < 4.78 is 7.07. The molecule has 0 aliphatic heterocycles. The molecule has 0 aliphatic rings. The number of hydrogen-bond acceptors (Lipinski definition) is 3. The van der Waals surface area contributed by atoms with Crippen LogP contribution in [0, 0.1) is 0 Å². The Morgan fingerprint density at radius 1 is 1.50 bits per heavy atom. The fraction of sp³-hybridized carbons (Fsp3) is 0.333. The van der Waals surface area contributed by atoms with Crippen molar-refractivity contribution in [3.8, 4) is 5.75 Å². The Hall–Kier alpha value is -2.30. The molecule has 0 spiro atoms. The van der Waals surface area contributed by atoms with Crippen LogP contribution in [0.15, 0.2) is 43.0 Å². The second-order valence-corrected chi connectivity index (χ2v) is 4.69. The van der Waals surface area contributed by atoms with Gasteiger partial charge in [-0.2, -0.15) is 0 Å². The van der Waals surface area contributed by atoms with Crippen molar-refractivity contribution >= 4 is 5.91 Å². The molecule has 1 atom stereocenters. The largest absolute Gasteiger partial charge is 0.497 e. The van der Waals surface area contributed by atoms with Crippen molar-refractivity contribution in [3.05, 3.63) is 48.5 Å². The van der Waals surface area contributed by atoms with Crippen LogP contribution in [0.1, 0.15) is 24.9 Å². The van der Waals surface area contributed by atoms with Gasteiger partial charge in [0.1, 0.15) is 5.75 Å². The molecule has 1 heterocycles. The number of aromatic nitrogens is 2. The summed E-state index contributed by atoms with van der Waals surface area (Å²) in [7, 11) is 1.63. The van der Waals surface area contributed by atoms with Gasteiger partial charge in [0.2, 0.25) is 5.91 Å². The number of imidazole rings is 1. The summed E-state index contributed by atoms with van der Waals surface area (Å²) in [5.41, 5.74) is 1.02. The number of methoxy groups -OCH3 is 1. The maximum atomic E-state index is 11.9. The summed E-state index contributed by atoms with van der Waals surface area (Å²) >= 11 is 0. The molecule has 106 valence electrons. The van der Waals surface area contributed by atoms with Gasteiger partial charge in [0.25, 0.3) is 0 Å². The van der Waals surface area contributed by atoms with Gasteiger partial charge in [0, 0.05) is 31.4 Å². The molecule has 1 amide bonds. The third kappa shape index (κ3) is 3.85. The summed E-state index contributed by atoms with van der Waals surface area (Å²) in [4.78, 5) is 15.9. The van der Waals surface area contributed by atoms with Crippen LogP contribution in [0.3, 0.4) is 0 Å². The van der Waals surface area contributed by atoms with Crippen LogP contribution in [-0.4, -0.2) is 22.6 Å². The van der Waals surface area contributed by atoms with Gasteiger partial charge < -0.3 is 14.6 Å². The van der Waals surface area contributed by atoms with E-state index in [4.69, 9.17) is 4.74 Å². The molecular weight excluding hydrogens is 254 g/mol. The Morgan fingerprint density at radius 2 is 2.35 bits per heavy atom. The van der Waals surface area contributed by atoms with Gasteiger partial charge in [0.05, 0.1) is 13.4 Å². The SMILES string of the molecule is COc1cccc(CNC(=O)CC(C)n2ccnc2)c1. The first-order valence-electron chi connectivity index (χ1n) is 6.56. The molecule has 5 nitrogen and oxygen atoms in total. The molecule has 2 rings (SSSR count). The molecule has 1 aromatic carbocycles. The topological polar surface area (TPSA) is 56.1 Å². The standard InChI is InChI=1S/C15H19N3O2/c1-12(18-7-6-16-11-18)8-15(19)17-10-13-4-3-5-14(9-13)20-2/h3-7,9,11-12H,8,10H2,1-2H3,(H,17,19). The summed E-state index contributed by atoms with van der Waals surface area (Å²) in [5.74, 6) is 0.817. The molecule has 0 radical (unpaired) electrons. The van der Waals surface area contributed by atoms with Gasteiger partial charge in [-0.05, 0) is 24.6 Å². The zero-order valence-electron chi connectivity index (χ0n) is 11.7. The zero-order chi connectivity index (χ0) is 14.4. The van der Waals surface area contributed by atoms with Crippen LogP contribution in [0.2, 0.25) is 0 Å². The van der Waals surface area contributed by atoms with Crippen LogP contribution in [0.25, 0.3) is 0 Å². The molecule has 0 fully saturated rings. The minimum absolute atomic E-state index is 0.0222. The predicted molar refractivity (Wildman–Crippen MR) is 76.4 cm³/mol. The number of carbonyl (C=O) groups excluding carboxylic acids is 1.